The van der Waals surface area contributed by atoms with Crippen LogP contribution in [0.4, 0.5) is 11.4 Å². The van der Waals surface area contributed by atoms with Gasteiger partial charge in [-0.25, -0.2) is 13.6 Å². The van der Waals surface area contributed by atoms with Crippen molar-refractivity contribution in [3.63, 3.8) is 0 Å². The third-order valence-corrected chi connectivity index (χ3v) is 4.24. The minimum absolute atomic E-state index is 0.0563. The van der Waals surface area contributed by atoms with E-state index in [1.54, 1.807) is 6.07 Å². The summed E-state index contributed by atoms with van der Waals surface area (Å²) in [6.45, 7) is 0. The smallest absolute Gasteiger partial charge is 0.238 e. The molecule has 94 valence electrons. The van der Waals surface area contributed by atoms with Gasteiger partial charge in [-0.15, -0.1) is 0 Å². The molecule has 0 spiro atoms. The van der Waals surface area contributed by atoms with Gasteiger partial charge < -0.3 is 10.6 Å². The van der Waals surface area contributed by atoms with Crippen molar-refractivity contribution < 1.29 is 8.42 Å². The molecule has 0 heterocycles. The van der Waals surface area contributed by atoms with Crippen molar-refractivity contribution in [2.45, 2.75) is 30.2 Å². The van der Waals surface area contributed by atoms with Crippen LogP contribution >= 0.6 is 0 Å². The van der Waals surface area contributed by atoms with Gasteiger partial charge in [0.15, 0.2) is 0 Å². The van der Waals surface area contributed by atoms with Crippen LogP contribution in [0.25, 0.3) is 0 Å². The lowest BCUT2D eigenvalue weighted by atomic mass is 9.91. The zero-order chi connectivity index (χ0) is 12.6. The normalized spacial score (nSPS) is 16.6. The van der Waals surface area contributed by atoms with Crippen molar-refractivity contribution in [2.75, 3.05) is 17.7 Å². The SMILES string of the molecule is CN(c1ccc(S(N)(=O)=O)cc1N)C1CCC1. The van der Waals surface area contributed by atoms with E-state index in [-0.39, 0.29) is 4.90 Å². The summed E-state index contributed by atoms with van der Waals surface area (Å²) in [5.74, 6) is 0. The molecule has 17 heavy (non-hydrogen) atoms. The molecule has 0 bridgehead atoms. The average molecular weight is 255 g/mol. The molecule has 0 radical (unpaired) electrons. The fourth-order valence-electron chi connectivity index (χ4n) is 2.00. The van der Waals surface area contributed by atoms with Crippen molar-refractivity contribution in [3.05, 3.63) is 18.2 Å². The molecule has 0 amide bonds. The number of rotatable bonds is 3. The Morgan fingerprint density at radius 3 is 2.41 bits per heavy atom. The van der Waals surface area contributed by atoms with E-state index in [2.05, 4.69) is 4.90 Å². The topological polar surface area (TPSA) is 89.4 Å². The van der Waals surface area contributed by atoms with Crippen LogP contribution in [0.15, 0.2) is 23.1 Å². The molecule has 0 atom stereocenters. The van der Waals surface area contributed by atoms with Gasteiger partial charge in [0, 0.05) is 13.1 Å². The van der Waals surface area contributed by atoms with Crippen LogP contribution in [0.1, 0.15) is 19.3 Å². The fraction of sp³-hybridized carbons (Fsp3) is 0.455. The third-order valence-electron chi connectivity index (χ3n) is 3.33. The van der Waals surface area contributed by atoms with E-state index in [0.29, 0.717) is 11.7 Å². The first kappa shape index (κ1) is 12.2. The van der Waals surface area contributed by atoms with Gasteiger partial charge in [0.25, 0.3) is 0 Å². The predicted molar refractivity (Wildman–Crippen MR) is 68.3 cm³/mol. The quantitative estimate of drug-likeness (QED) is 0.785. The molecule has 6 heteroatoms. The van der Waals surface area contributed by atoms with Crippen LogP contribution in [0, 0.1) is 0 Å². The van der Waals surface area contributed by atoms with Crippen molar-refractivity contribution in [1.29, 1.82) is 0 Å². The molecule has 1 saturated carbocycles. The lowest BCUT2D eigenvalue weighted by molar-refractivity contribution is 0.401. The van der Waals surface area contributed by atoms with Crippen molar-refractivity contribution in [3.8, 4) is 0 Å². The van der Waals surface area contributed by atoms with E-state index in [1.807, 2.05) is 7.05 Å². The number of nitrogens with zero attached hydrogens (tertiary/aromatic N) is 1. The molecule has 1 aliphatic rings. The van der Waals surface area contributed by atoms with Crippen LogP contribution in [0.3, 0.4) is 0 Å². The first-order chi connectivity index (χ1) is 7.89. The Hall–Kier alpha value is -1.27. The van der Waals surface area contributed by atoms with Crippen molar-refractivity contribution in [2.24, 2.45) is 5.14 Å². The maximum Gasteiger partial charge on any atom is 0.238 e. The van der Waals surface area contributed by atoms with E-state index in [9.17, 15) is 8.42 Å². The second kappa shape index (κ2) is 4.19. The maximum atomic E-state index is 11.2. The number of nitrogen functional groups attached to an aromatic ring is 1. The minimum atomic E-state index is -3.68. The number of nitrogens with two attached hydrogens (primary N) is 2. The van der Waals surface area contributed by atoms with Crippen LogP contribution in [0.5, 0.6) is 0 Å². The lowest BCUT2D eigenvalue weighted by Crippen LogP contribution is -2.37. The molecule has 1 aliphatic carbocycles. The highest BCUT2D eigenvalue weighted by atomic mass is 32.2. The number of benzene rings is 1. The van der Waals surface area contributed by atoms with E-state index in [0.717, 1.165) is 18.5 Å². The molecule has 1 fully saturated rings. The molecule has 0 unspecified atom stereocenters. The molecular formula is C11H17N3O2S. The van der Waals surface area contributed by atoms with Gasteiger partial charge in [0.05, 0.1) is 16.3 Å². The Morgan fingerprint density at radius 2 is 2.00 bits per heavy atom. The number of hydrogen-bond donors (Lipinski definition) is 2. The largest absolute Gasteiger partial charge is 0.397 e. The molecule has 0 saturated heterocycles. The fourth-order valence-corrected chi connectivity index (χ4v) is 2.55. The summed E-state index contributed by atoms with van der Waals surface area (Å²) in [6, 6.07) is 5.14. The Kier molecular flexibility index (Phi) is 3.01. The Morgan fingerprint density at radius 1 is 1.35 bits per heavy atom. The van der Waals surface area contributed by atoms with Gasteiger partial charge in [0.1, 0.15) is 0 Å². The molecular weight excluding hydrogens is 238 g/mol. The molecule has 0 aromatic heterocycles. The summed E-state index contributed by atoms with van der Waals surface area (Å²) in [7, 11) is -1.70. The van der Waals surface area contributed by atoms with Gasteiger partial charge in [-0.3, -0.25) is 0 Å². The average Bonchev–Trinajstić information content (AvgIpc) is 2.12. The molecule has 1 aromatic carbocycles. The zero-order valence-corrected chi connectivity index (χ0v) is 10.6. The first-order valence-electron chi connectivity index (χ1n) is 5.55. The van der Waals surface area contributed by atoms with Gasteiger partial charge in [-0.2, -0.15) is 0 Å². The van der Waals surface area contributed by atoms with Gasteiger partial charge in [-0.1, -0.05) is 0 Å². The molecule has 2 rings (SSSR count). The van der Waals surface area contributed by atoms with E-state index >= 15 is 0 Å². The highest BCUT2D eigenvalue weighted by Gasteiger charge is 2.23. The second-order valence-electron chi connectivity index (χ2n) is 4.46. The summed E-state index contributed by atoms with van der Waals surface area (Å²) in [4.78, 5) is 2.16. The molecule has 5 nitrogen and oxygen atoms in total. The summed E-state index contributed by atoms with van der Waals surface area (Å²) in [6.07, 6.45) is 3.56. The number of sulfonamides is 1. The highest BCUT2D eigenvalue weighted by molar-refractivity contribution is 7.89. The standard InChI is InChI=1S/C11H17N3O2S/c1-14(8-3-2-4-8)11-6-5-9(7-10(11)12)17(13,15)16/h5-8H,2-4,12H2,1H3,(H2,13,15,16). The summed E-state index contributed by atoms with van der Waals surface area (Å²) in [5, 5.41) is 5.05. The van der Waals surface area contributed by atoms with Crippen molar-refractivity contribution in [1.82, 2.24) is 0 Å². The van der Waals surface area contributed by atoms with Gasteiger partial charge in [0.2, 0.25) is 10.0 Å². The summed E-state index contributed by atoms with van der Waals surface area (Å²) in [5.41, 5.74) is 7.19. The Balaban J connectivity index is 2.31. The zero-order valence-electron chi connectivity index (χ0n) is 9.76. The lowest BCUT2D eigenvalue weighted by Gasteiger charge is -2.37. The van der Waals surface area contributed by atoms with E-state index in [1.165, 1.54) is 18.6 Å². The minimum Gasteiger partial charge on any atom is -0.397 e. The van der Waals surface area contributed by atoms with Crippen LogP contribution in [-0.4, -0.2) is 21.5 Å². The highest BCUT2D eigenvalue weighted by Crippen LogP contribution is 2.32. The number of hydrogen-bond acceptors (Lipinski definition) is 4. The molecule has 0 aliphatic heterocycles. The van der Waals surface area contributed by atoms with Gasteiger partial charge >= 0.3 is 0 Å². The van der Waals surface area contributed by atoms with Crippen LogP contribution in [0.2, 0.25) is 0 Å². The molecule has 4 N–H and O–H groups in total. The van der Waals surface area contributed by atoms with E-state index < -0.39 is 10.0 Å². The molecule has 1 aromatic rings. The number of primary sulfonamides is 1. The second-order valence-corrected chi connectivity index (χ2v) is 6.02. The van der Waals surface area contributed by atoms with Crippen LogP contribution < -0.4 is 15.8 Å². The Labute approximate surface area is 101 Å². The third kappa shape index (κ3) is 2.37. The summed E-state index contributed by atoms with van der Waals surface area (Å²) >= 11 is 0. The van der Waals surface area contributed by atoms with Gasteiger partial charge in [-0.05, 0) is 37.5 Å². The van der Waals surface area contributed by atoms with E-state index in [4.69, 9.17) is 10.9 Å². The van der Waals surface area contributed by atoms with Crippen LogP contribution in [-0.2, 0) is 10.0 Å². The van der Waals surface area contributed by atoms with Crippen molar-refractivity contribution >= 4 is 21.4 Å². The number of anilines is 2. The first-order valence-corrected chi connectivity index (χ1v) is 7.09. The predicted octanol–water partition coefficient (Wildman–Crippen LogP) is 0.905. The monoisotopic (exact) mass is 255 g/mol. The Bertz CT molecular complexity index is 524. The summed E-state index contributed by atoms with van der Waals surface area (Å²) < 4.78 is 22.4. The maximum absolute atomic E-state index is 11.2.